The van der Waals surface area contributed by atoms with E-state index in [0.29, 0.717) is 22.9 Å². The molecule has 0 amide bonds. The molecule has 3 rings (SSSR count). The summed E-state index contributed by atoms with van der Waals surface area (Å²) in [4.78, 5) is 18.9. The number of fused-ring (bicyclic) bond motifs is 1. The molecule has 19 heavy (non-hydrogen) atoms. The van der Waals surface area contributed by atoms with Gasteiger partial charge >= 0.3 is 0 Å². The summed E-state index contributed by atoms with van der Waals surface area (Å²) in [7, 11) is 1.77. The van der Waals surface area contributed by atoms with Crippen LogP contribution in [0.2, 0.25) is 0 Å². The van der Waals surface area contributed by atoms with Crippen LogP contribution in [0.3, 0.4) is 0 Å². The maximum Gasteiger partial charge on any atom is 0.190 e. The average molecular weight is 276 g/mol. The number of nitrogens with zero attached hydrogens (tertiary/aromatic N) is 2. The van der Waals surface area contributed by atoms with Crippen LogP contribution in [-0.4, -0.2) is 17.8 Å². The Bertz CT molecular complexity index is 638. The lowest BCUT2D eigenvalue weighted by Gasteiger charge is -2.16. The van der Waals surface area contributed by atoms with E-state index in [-0.39, 0.29) is 11.6 Å². The first kappa shape index (κ1) is 12.3. The van der Waals surface area contributed by atoms with Crippen LogP contribution >= 0.6 is 11.3 Å². The average Bonchev–Trinajstić information content (AvgIpc) is 2.84. The summed E-state index contributed by atoms with van der Waals surface area (Å²) >= 11 is 1.48. The number of aromatic nitrogens is 1. The molecular formula is C14H13FN2OS. The normalized spacial score (nSPS) is 14.3. The molecular weight excluding hydrogens is 263 g/mol. The van der Waals surface area contributed by atoms with Gasteiger partial charge in [-0.1, -0.05) is 12.1 Å². The maximum atomic E-state index is 13.8. The fourth-order valence-electron chi connectivity index (χ4n) is 2.22. The zero-order valence-electron chi connectivity index (χ0n) is 10.5. The van der Waals surface area contributed by atoms with Crippen LogP contribution in [0, 0.1) is 5.82 Å². The summed E-state index contributed by atoms with van der Waals surface area (Å²) in [6.45, 7) is 0. The van der Waals surface area contributed by atoms with Crippen molar-refractivity contribution in [2.45, 2.75) is 19.3 Å². The molecule has 5 heteroatoms. The lowest BCUT2D eigenvalue weighted by Crippen LogP contribution is -2.12. The number of carbonyl (C=O) groups excluding carboxylic acids is 1. The van der Waals surface area contributed by atoms with E-state index in [1.54, 1.807) is 30.1 Å². The molecule has 0 fully saturated rings. The predicted molar refractivity (Wildman–Crippen MR) is 73.8 cm³/mol. The van der Waals surface area contributed by atoms with Crippen molar-refractivity contribution < 1.29 is 9.18 Å². The summed E-state index contributed by atoms with van der Waals surface area (Å²) < 4.78 is 13.8. The summed E-state index contributed by atoms with van der Waals surface area (Å²) in [5, 5.41) is 0.672. The number of para-hydroxylation sites is 1. The number of aryl methyl sites for hydroxylation is 1. The van der Waals surface area contributed by atoms with Crippen molar-refractivity contribution in [2.24, 2.45) is 0 Å². The number of halogens is 1. The van der Waals surface area contributed by atoms with E-state index >= 15 is 0 Å². The minimum Gasteiger partial charge on any atom is -0.318 e. The SMILES string of the molecule is CN(c1nc2c(s1)CCCC2=O)c1ccccc1F. The van der Waals surface area contributed by atoms with E-state index in [1.165, 1.54) is 17.4 Å². The molecule has 0 N–H and O–H groups in total. The Labute approximate surface area is 114 Å². The second-order valence-electron chi connectivity index (χ2n) is 4.56. The minimum atomic E-state index is -0.288. The molecule has 0 saturated carbocycles. The van der Waals surface area contributed by atoms with E-state index in [2.05, 4.69) is 4.98 Å². The first-order chi connectivity index (χ1) is 9.16. The van der Waals surface area contributed by atoms with Crippen LogP contribution in [0.15, 0.2) is 24.3 Å². The molecule has 1 aromatic carbocycles. The van der Waals surface area contributed by atoms with Crippen LogP contribution in [0.4, 0.5) is 15.2 Å². The van der Waals surface area contributed by atoms with Gasteiger partial charge in [-0.15, -0.1) is 11.3 Å². The molecule has 2 aromatic rings. The number of ketones is 1. The Hall–Kier alpha value is -1.75. The lowest BCUT2D eigenvalue weighted by molar-refractivity contribution is 0.0968. The van der Waals surface area contributed by atoms with Gasteiger partial charge in [0.15, 0.2) is 10.9 Å². The topological polar surface area (TPSA) is 33.2 Å². The highest BCUT2D eigenvalue weighted by atomic mass is 32.1. The molecule has 0 bridgehead atoms. The third-order valence-electron chi connectivity index (χ3n) is 3.26. The molecule has 0 unspecified atom stereocenters. The van der Waals surface area contributed by atoms with Gasteiger partial charge in [-0.2, -0.15) is 0 Å². The quantitative estimate of drug-likeness (QED) is 0.840. The molecule has 1 aromatic heterocycles. The second kappa shape index (κ2) is 4.74. The highest BCUT2D eigenvalue weighted by Gasteiger charge is 2.24. The number of Topliss-reactive ketones (excluding diaryl/α,β-unsaturated/α-hetero) is 1. The Morgan fingerprint density at radius 2 is 2.11 bits per heavy atom. The molecule has 98 valence electrons. The molecule has 1 heterocycles. The van der Waals surface area contributed by atoms with Crippen LogP contribution in [0.25, 0.3) is 0 Å². The fourth-order valence-corrected chi connectivity index (χ4v) is 3.32. The van der Waals surface area contributed by atoms with Crippen molar-refractivity contribution in [1.82, 2.24) is 4.98 Å². The number of benzene rings is 1. The third kappa shape index (κ3) is 2.14. The fraction of sp³-hybridized carbons (Fsp3) is 0.286. The summed E-state index contributed by atoms with van der Waals surface area (Å²) in [6.07, 6.45) is 2.35. The predicted octanol–water partition coefficient (Wildman–Crippen LogP) is 3.57. The molecule has 1 aliphatic rings. The zero-order chi connectivity index (χ0) is 13.4. The molecule has 0 spiro atoms. The van der Waals surface area contributed by atoms with E-state index in [1.807, 2.05) is 0 Å². The molecule has 3 nitrogen and oxygen atoms in total. The van der Waals surface area contributed by atoms with Crippen molar-refractivity contribution in [3.05, 3.63) is 40.7 Å². The number of anilines is 2. The van der Waals surface area contributed by atoms with Crippen LogP contribution in [0.5, 0.6) is 0 Å². The lowest BCUT2D eigenvalue weighted by atomic mass is 10.0. The van der Waals surface area contributed by atoms with Crippen molar-refractivity contribution in [3.63, 3.8) is 0 Å². The Balaban J connectivity index is 1.99. The standard InChI is InChI=1S/C14H13FN2OS/c1-17(10-6-3-2-5-9(10)15)14-16-13-11(18)7-4-8-12(13)19-14/h2-3,5-6H,4,7-8H2,1H3. The summed E-state index contributed by atoms with van der Waals surface area (Å²) in [5.74, 6) is -0.185. The number of rotatable bonds is 2. The van der Waals surface area contributed by atoms with Gasteiger partial charge < -0.3 is 4.90 Å². The first-order valence-corrected chi connectivity index (χ1v) is 6.99. The van der Waals surface area contributed by atoms with Crippen LogP contribution in [0.1, 0.15) is 28.2 Å². The largest absolute Gasteiger partial charge is 0.318 e. The van der Waals surface area contributed by atoms with Gasteiger partial charge in [0.2, 0.25) is 0 Å². The molecule has 1 aliphatic carbocycles. The smallest absolute Gasteiger partial charge is 0.190 e. The van der Waals surface area contributed by atoms with E-state index in [4.69, 9.17) is 0 Å². The number of thiazole rings is 1. The number of carbonyl (C=O) groups is 1. The Morgan fingerprint density at radius 1 is 1.32 bits per heavy atom. The van der Waals surface area contributed by atoms with Gasteiger partial charge in [0, 0.05) is 18.3 Å². The Morgan fingerprint density at radius 3 is 2.84 bits per heavy atom. The van der Waals surface area contributed by atoms with Crippen molar-refractivity contribution in [3.8, 4) is 0 Å². The van der Waals surface area contributed by atoms with Gasteiger partial charge in [0.25, 0.3) is 0 Å². The third-order valence-corrected chi connectivity index (χ3v) is 4.45. The van der Waals surface area contributed by atoms with Crippen molar-refractivity contribution in [1.29, 1.82) is 0 Å². The highest BCUT2D eigenvalue weighted by molar-refractivity contribution is 7.16. The van der Waals surface area contributed by atoms with Gasteiger partial charge in [-0.25, -0.2) is 9.37 Å². The molecule has 0 atom stereocenters. The highest BCUT2D eigenvalue weighted by Crippen LogP contribution is 2.34. The van der Waals surface area contributed by atoms with Gasteiger partial charge in [-0.05, 0) is 25.0 Å². The minimum absolute atomic E-state index is 0.102. The molecule has 0 radical (unpaired) electrons. The van der Waals surface area contributed by atoms with Crippen LogP contribution in [-0.2, 0) is 6.42 Å². The second-order valence-corrected chi connectivity index (χ2v) is 5.62. The number of hydrogen-bond donors (Lipinski definition) is 0. The molecule has 0 saturated heterocycles. The van der Waals surface area contributed by atoms with Gasteiger partial charge in [-0.3, -0.25) is 4.79 Å². The first-order valence-electron chi connectivity index (χ1n) is 6.18. The molecule has 0 aliphatic heterocycles. The van der Waals surface area contributed by atoms with Crippen molar-refractivity contribution in [2.75, 3.05) is 11.9 Å². The van der Waals surface area contributed by atoms with Crippen molar-refractivity contribution >= 4 is 27.9 Å². The van der Waals surface area contributed by atoms with Crippen LogP contribution < -0.4 is 4.90 Å². The monoisotopic (exact) mass is 276 g/mol. The van der Waals surface area contributed by atoms with E-state index in [9.17, 15) is 9.18 Å². The van der Waals surface area contributed by atoms with Gasteiger partial charge in [0.05, 0.1) is 5.69 Å². The summed E-state index contributed by atoms with van der Waals surface area (Å²) in [5.41, 5.74) is 1.05. The van der Waals surface area contributed by atoms with Gasteiger partial charge in [0.1, 0.15) is 11.5 Å². The number of hydrogen-bond acceptors (Lipinski definition) is 4. The van der Waals surface area contributed by atoms with E-state index in [0.717, 1.165) is 17.7 Å². The zero-order valence-corrected chi connectivity index (χ0v) is 11.3. The van der Waals surface area contributed by atoms with E-state index < -0.39 is 0 Å². The Kier molecular flexibility index (Phi) is 3.06. The summed E-state index contributed by atoms with van der Waals surface area (Å²) in [6, 6.07) is 6.57. The maximum absolute atomic E-state index is 13.8.